The number of aryl methyl sites for hydroxylation is 1. The Balaban J connectivity index is 1.77. The molecule has 0 atom stereocenters. The van der Waals surface area contributed by atoms with Gasteiger partial charge in [-0.3, -0.25) is 13.8 Å². The molecular formula is C19H19BrN4OS2. The van der Waals surface area contributed by atoms with Crippen molar-refractivity contribution in [3.63, 3.8) is 0 Å². The van der Waals surface area contributed by atoms with E-state index < -0.39 is 0 Å². The predicted molar refractivity (Wildman–Crippen MR) is 116 cm³/mol. The molecule has 3 heterocycles. The van der Waals surface area contributed by atoms with Crippen LogP contribution in [-0.4, -0.2) is 19.2 Å². The lowest BCUT2D eigenvalue weighted by atomic mass is 10.1. The zero-order valence-electron chi connectivity index (χ0n) is 15.1. The molecule has 8 heteroatoms. The summed E-state index contributed by atoms with van der Waals surface area (Å²) in [6.45, 7) is 4.98. The van der Waals surface area contributed by atoms with Crippen LogP contribution in [0.25, 0.3) is 16.0 Å². The molecule has 4 rings (SSSR count). The minimum Gasteiger partial charge on any atom is -0.276 e. The van der Waals surface area contributed by atoms with Crippen molar-refractivity contribution in [1.29, 1.82) is 0 Å². The molecule has 4 aromatic rings. The fourth-order valence-corrected chi connectivity index (χ4v) is 5.11. The van der Waals surface area contributed by atoms with Gasteiger partial charge in [0.2, 0.25) is 5.78 Å². The van der Waals surface area contributed by atoms with E-state index in [9.17, 15) is 4.79 Å². The molecule has 0 saturated heterocycles. The number of aromatic nitrogens is 4. The Labute approximate surface area is 173 Å². The molecule has 0 N–H and O–H groups in total. The van der Waals surface area contributed by atoms with E-state index in [0.29, 0.717) is 18.2 Å². The lowest BCUT2D eigenvalue weighted by Crippen LogP contribution is -2.23. The van der Waals surface area contributed by atoms with Gasteiger partial charge in [-0.05, 0) is 41.5 Å². The number of thiophene rings is 1. The Morgan fingerprint density at radius 1 is 1.26 bits per heavy atom. The first kappa shape index (κ1) is 18.7. The summed E-state index contributed by atoms with van der Waals surface area (Å²) in [5.41, 5.74) is 2.13. The van der Waals surface area contributed by atoms with E-state index in [2.05, 4.69) is 52.1 Å². The molecule has 0 saturated carbocycles. The zero-order chi connectivity index (χ0) is 19.0. The Kier molecular flexibility index (Phi) is 5.39. The molecule has 1 aromatic carbocycles. The number of fused-ring (bicyclic) bond motifs is 3. The van der Waals surface area contributed by atoms with Gasteiger partial charge in [-0.25, -0.2) is 0 Å². The Hall–Kier alpha value is -1.64. The molecule has 0 aliphatic rings. The highest BCUT2D eigenvalue weighted by Crippen LogP contribution is 2.27. The second-order valence-electron chi connectivity index (χ2n) is 6.81. The molecule has 5 nitrogen and oxygen atoms in total. The van der Waals surface area contributed by atoms with Crippen molar-refractivity contribution in [3.8, 4) is 0 Å². The van der Waals surface area contributed by atoms with Gasteiger partial charge in [0.1, 0.15) is 4.70 Å². The summed E-state index contributed by atoms with van der Waals surface area (Å²) in [5.74, 6) is 1.93. The first-order valence-electron chi connectivity index (χ1n) is 8.77. The van der Waals surface area contributed by atoms with Crippen LogP contribution in [0.1, 0.15) is 25.8 Å². The molecule has 3 aromatic heterocycles. The molecule has 0 fully saturated rings. The number of nitrogens with zero attached hydrogens (tertiary/aromatic N) is 4. The molecule has 27 heavy (non-hydrogen) atoms. The fraction of sp³-hybridized carbons (Fsp3) is 0.316. The minimum absolute atomic E-state index is 0.0316. The van der Waals surface area contributed by atoms with E-state index in [1.165, 1.54) is 16.9 Å². The minimum atomic E-state index is 0.0316. The summed E-state index contributed by atoms with van der Waals surface area (Å²) in [6, 6.07) is 10.2. The van der Waals surface area contributed by atoms with Crippen molar-refractivity contribution in [2.24, 2.45) is 5.92 Å². The van der Waals surface area contributed by atoms with Crippen molar-refractivity contribution in [2.45, 2.75) is 37.7 Å². The quantitative estimate of drug-likeness (QED) is 0.369. The molecule has 140 valence electrons. The van der Waals surface area contributed by atoms with E-state index in [-0.39, 0.29) is 5.56 Å². The topological polar surface area (TPSA) is 52.2 Å². The second-order valence-corrected chi connectivity index (χ2v) is 9.59. The number of rotatable bonds is 6. The SMILES string of the molecule is CC(C)CCn1c(=O)c2sccc2n2c(SCc3cccc(Br)c3)nnc12. The zero-order valence-corrected chi connectivity index (χ0v) is 18.3. The summed E-state index contributed by atoms with van der Waals surface area (Å²) >= 11 is 6.63. The molecule has 0 bridgehead atoms. The van der Waals surface area contributed by atoms with Gasteiger partial charge in [0.15, 0.2) is 5.16 Å². The highest BCUT2D eigenvalue weighted by atomic mass is 79.9. The van der Waals surface area contributed by atoms with Gasteiger partial charge in [-0.1, -0.05) is 53.7 Å². The maximum Gasteiger partial charge on any atom is 0.272 e. The molecule has 0 aliphatic carbocycles. The maximum absolute atomic E-state index is 12.9. The lowest BCUT2D eigenvalue weighted by Gasteiger charge is -2.10. The summed E-state index contributed by atoms with van der Waals surface area (Å²) < 4.78 is 5.62. The third-order valence-corrected chi connectivity index (χ3v) is 6.75. The van der Waals surface area contributed by atoms with Crippen molar-refractivity contribution < 1.29 is 0 Å². The summed E-state index contributed by atoms with van der Waals surface area (Å²) in [4.78, 5) is 12.9. The normalized spacial score (nSPS) is 11.9. The van der Waals surface area contributed by atoms with Crippen LogP contribution in [0.3, 0.4) is 0 Å². The summed E-state index contributed by atoms with van der Waals surface area (Å²) in [7, 11) is 0. The predicted octanol–water partition coefficient (Wildman–Crippen LogP) is 5.21. The Bertz CT molecular complexity index is 1160. The number of halogens is 1. The Morgan fingerprint density at radius 3 is 2.89 bits per heavy atom. The van der Waals surface area contributed by atoms with Crippen LogP contribution in [0.2, 0.25) is 0 Å². The molecule has 0 aliphatic heterocycles. The van der Waals surface area contributed by atoms with Crippen molar-refractivity contribution >= 4 is 55.0 Å². The fourth-order valence-electron chi connectivity index (χ4n) is 2.96. The largest absolute Gasteiger partial charge is 0.276 e. The summed E-state index contributed by atoms with van der Waals surface area (Å²) in [6.07, 6.45) is 0.930. The molecule has 0 unspecified atom stereocenters. The van der Waals surface area contributed by atoms with Crippen molar-refractivity contribution in [2.75, 3.05) is 0 Å². The number of benzene rings is 1. The van der Waals surface area contributed by atoms with E-state index in [1.54, 1.807) is 16.3 Å². The number of thioether (sulfide) groups is 1. The van der Waals surface area contributed by atoms with E-state index in [0.717, 1.165) is 32.0 Å². The van der Waals surface area contributed by atoms with Crippen LogP contribution in [0.4, 0.5) is 0 Å². The molecule has 0 spiro atoms. The highest BCUT2D eigenvalue weighted by Gasteiger charge is 2.18. The second kappa shape index (κ2) is 7.77. The first-order chi connectivity index (χ1) is 13.0. The smallest absolute Gasteiger partial charge is 0.272 e. The average molecular weight is 463 g/mol. The summed E-state index contributed by atoms with van der Waals surface area (Å²) in [5, 5.41) is 11.5. The first-order valence-corrected chi connectivity index (χ1v) is 11.4. The van der Waals surface area contributed by atoms with E-state index >= 15 is 0 Å². The van der Waals surface area contributed by atoms with Gasteiger partial charge in [0, 0.05) is 16.8 Å². The van der Waals surface area contributed by atoms with E-state index in [1.807, 2.05) is 28.0 Å². The standard InChI is InChI=1S/C19H19BrN4OS2/c1-12(2)6-8-23-17(25)16-15(7-9-26-16)24-18(23)21-22-19(24)27-11-13-4-3-5-14(20)10-13/h3-5,7,9-10,12H,6,8,11H2,1-2H3. The average Bonchev–Trinajstić information content (AvgIpc) is 3.26. The van der Waals surface area contributed by atoms with Crippen LogP contribution >= 0.6 is 39.0 Å². The van der Waals surface area contributed by atoms with Crippen LogP contribution in [0.5, 0.6) is 0 Å². The highest BCUT2D eigenvalue weighted by molar-refractivity contribution is 9.10. The maximum atomic E-state index is 12.9. The van der Waals surface area contributed by atoms with Gasteiger partial charge in [-0.2, -0.15) is 0 Å². The molecule has 0 radical (unpaired) electrons. The monoisotopic (exact) mass is 462 g/mol. The van der Waals surface area contributed by atoms with Crippen molar-refractivity contribution in [1.82, 2.24) is 19.2 Å². The van der Waals surface area contributed by atoms with Crippen LogP contribution in [0, 0.1) is 5.92 Å². The van der Waals surface area contributed by atoms with Crippen LogP contribution < -0.4 is 5.56 Å². The van der Waals surface area contributed by atoms with Gasteiger partial charge in [0.25, 0.3) is 5.56 Å². The van der Waals surface area contributed by atoms with Crippen LogP contribution in [-0.2, 0) is 12.3 Å². The Morgan fingerprint density at radius 2 is 2.11 bits per heavy atom. The van der Waals surface area contributed by atoms with Gasteiger partial charge >= 0.3 is 0 Å². The lowest BCUT2D eigenvalue weighted by molar-refractivity contribution is 0.512. The third-order valence-electron chi connectivity index (χ3n) is 4.37. The molecule has 0 amide bonds. The number of hydrogen-bond donors (Lipinski definition) is 0. The van der Waals surface area contributed by atoms with Gasteiger partial charge in [0.05, 0.1) is 5.52 Å². The van der Waals surface area contributed by atoms with Gasteiger partial charge < -0.3 is 0 Å². The third kappa shape index (κ3) is 3.70. The van der Waals surface area contributed by atoms with Crippen molar-refractivity contribution in [3.05, 3.63) is 56.1 Å². The van der Waals surface area contributed by atoms with Gasteiger partial charge in [-0.15, -0.1) is 21.5 Å². The molecular weight excluding hydrogens is 444 g/mol. The van der Waals surface area contributed by atoms with E-state index in [4.69, 9.17) is 0 Å². The number of hydrogen-bond acceptors (Lipinski definition) is 5. The van der Waals surface area contributed by atoms with Crippen LogP contribution in [0.15, 0.2) is 50.1 Å².